The monoisotopic (exact) mass is 262 g/mol. The number of unbranched alkanes of at least 4 members (excludes halogenated alkanes) is 1. The van der Waals surface area contributed by atoms with Crippen molar-refractivity contribution in [2.75, 3.05) is 11.9 Å². The molecule has 6 heteroatoms. The SMILES string of the molecule is CCCCNc1cc(Cl)nc(C(=O)O)c1Cl. The van der Waals surface area contributed by atoms with Gasteiger partial charge in [-0.3, -0.25) is 0 Å². The molecule has 88 valence electrons. The molecule has 0 amide bonds. The third-order valence-corrected chi connectivity index (χ3v) is 2.55. The first kappa shape index (κ1) is 13.1. The largest absolute Gasteiger partial charge is 0.476 e. The summed E-state index contributed by atoms with van der Waals surface area (Å²) >= 11 is 11.6. The van der Waals surface area contributed by atoms with Gasteiger partial charge in [0.1, 0.15) is 5.15 Å². The summed E-state index contributed by atoms with van der Waals surface area (Å²) < 4.78 is 0. The predicted octanol–water partition coefficient (Wildman–Crippen LogP) is 3.30. The number of aromatic nitrogens is 1. The van der Waals surface area contributed by atoms with E-state index < -0.39 is 5.97 Å². The lowest BCUT2D eigenvalue weighted by molar-refractivity contribution is 0.0691. The summed E-state index contributed by atoms with van der Waals surface area (Å²) in [4.78, 5) is 14.5. The molecule has 16 heavy (non-hydrogen) atoms. The molecule has 4 nitrogen and oxygen atoms in total. The molecular weight excluding hydrogens is 251 g/mol. The maximum Gasteiger partial charge on any atom is 0.356 e. The predicted molar refractivity (Wildman–Crippen MR) is 64.6 cm³/mol. The second-order valence-electron chi connectivity index (χ2n) is 3.24. The Hall–Kier alpha value is -1.00. The van der Waals surface area contributed by atoms with Crippen LogP contribution in [0.2, 0.25) is 10.2 Å². The van der Waals surface area contributed by atoms with E-state index in [0.29, 0.717) is 5.69 Å². The highest BCUT2D eigenvalue weighted by molar-refractivity contribution is 6.37. The highest BCUT2D eigenvalue weighted by Gasteiger charge is 2.15. The molecule has 1 aromatic heterocycles. The minimum Gasteiger partial charge on any atom is -0.476 e. The van der Waals surface area contributed by atoms with Crippen LogP contribution in [0.25, 0.3) is 0 Å². The van der Waals surface area contributed by atoms with Gasteiger partial charge in [-0.1, -0.05) is 36.5 Å². The molecule has 1 heterocycles. The standard InChI is InChI=1S/C10H12Cl2N2O2/c1-2-3-4-13-6-5-7(11)14-9(8(6)12)10(15)16/h5H,2-4H2,1H3,(H,13,14)(H,15,16). The molecule has 0 aliphatic rings. The van der Waals surface area contributed by atoms with Gasteiger partial charge in [0.15, 0.2) is 5.69 Å². The van der Waals surface area contributed by atoms with Crippen molar-refractivity contribution >= 4 is 34.9 Å². The number of pyridine rings is 1. The molecule has 0 aromatic carbocycles. The van der Waals surface area contributed by atoms with Crippen LogP contribution in [0.5, 0.6) is 0 Å². The Kier molecular flexibility index (Phi) is 4.83. The van der Waals surface area contributed by atoms with Gasteiger partial charge in [-0.05, 0) is 6.42 Å². The molecule has 1 rings (SSSR count). The average molecular weight is 263 g/mol. The molecule has 0 aliphatic carbocycles. The number of aromatic carboxylic acids is 1. The van der Waals surface area contributed by atoms with Gasteiger partial charge in [0.2, 0.25) is 0 Å². The minimum atomic E-state index is -1.19. The number of nitrogens with one attached hydrogen (secondary N) is 1. The van der Waals surface area contributed by atoms with Gasteiger partial charge < -0.3 is 10.4 Å². The zero-order valence-electron chi connectivity index (χ0n) is 8.76. The number of hydrogen-bond donors (Lipinski definition) is 2. The Balaban J connectivity index is 2.95. The summed E-state index contributed by atoms with van der Waals surface area (Å²) in [6, 6.07) is 1.52. The van der Waals surface area contributed by atoms with E-state index in [4.69, 9.17) is 28.3 Å². The number of halogens is 2. The number of hydrogen-bond acceptors (Lipinski definition) is 3. The van der Waals surface area contributed by atoms with E-state index in [1.54, 1.807) is 0 Å². The summed E-state index contributed by atoms with van der Waals surface area (Å²) in [7, 11) is 0. The van der Waals surface area contributed by atoms with Gasteiger partial charge in [0.05, 0.1) is 10.7 Å². The highest BCUT2D eigenvalue weighted by Crippen LogP contribution is 2.27. The van der Waals surface area contributed by atoms with E-state index in [9.17, 15) is 4.79 Å². The third-order valence-electron chi connectivity index (χ3n) is 1.97. The molecule has 0 spiro atoms. The van der Waals surface area contributed by atoms with E-state index >= 15 is 0 Å². The van der Waals surface area contributed by atoms with Crippen LogP contribution in [0.1, 0.15) is 30.3 Å². The van der Waals surface area contributed by atoms with Crippen molar-refractivity contribution in [3.05, 3.63) is 21.9 Å². The molecule has 0 saturated carbocycles. The minimum absolute atomic E-state index is 0.0907. The number of carbonyl (C=O) groups is 1. The number of nitrogens with zero attached hydrogens (tertiary/aromatic N) is 1. The molecular formula is C10H12Cl2N2O2. The molecule has 0 unspecified atom stereocenters. The van der Waals surface area contributed by atoms with Gasteiger partial charge in [0, 0.05) is 12.6 Å². The van der Waals surface area contributed by atoms with E-state index in [-0.39, 0.29) is 15.9 Å². The zero-order chi connectivity index (χ0) is 12.1. The van der Waals surface area contributed by atoms with E-state index in [1.165, 1.54) is 6.07 Å². The Morgan fingerprint density at radius 2 is 2.25 bits per heavy atom. The average Bonchev–Trinajstić information content (AvgIpc) is 2.22. The van der Waals surface area contributed by atoms with E-state index in [1.807, 2.05) is 0 Å². The van der Waals surface area contributed by atoms with Crippen molar-refractivity contribution in [1.82, 2.24) is 4.98 Å². The van der Waals surface area contributed by atoms with Crippen LogP contribution in [-0.4, -0.2) is 22.6 Å². The van der Waals surface area contributed by atoms with Crippen LogP contribution >= 0.6 is 23.2 Å². The zero-order valence-corrected chi connectivity index (χ0v) is 10.3. The van der Waals surface area contributed by atoms with Crippen LogP contribution in [0.3, 0.4) is 0 Å². The Morgan fingerprint density at radius 3 is 2.81 bits per heavy atom. The fourth-order valence-corrected chi connectivity index (χ4v) is 1.61. The first-order chi connectivity index (χ1) is 7.56. The lowest BCUT2D eigenvalue weighted by Gasteiger charge is -2.09. The van der Waals surface area contributed by atoms with Crippen molar-refractivity contribution < 1.29 is 9.90 Å². The van der Waals surface area contributed by atoms with Crippen LogP contribution < -0.4 is 5.32 Å². The lowest BCUT2D eigenvalue weighted by Crippen LogP contribution is -2.07. The van der Waals surface area contributed by atoms with Gasteiger partial charge in [-0.2, -0.15) is 0 Å². The first-order valence-corrected chi connectivity index (χ1v) is 5.65. The van der Waals surface area contributed by atoms with Crippen LogP contribution in [0.15, 0.2) is 6.07 Å². The van der Waals surface area contributed by atoms with Crippen LogP contribution in [0, 0.1) is 0 Å². The maximum absolute atomic E-state index is 10.8. The first-order valence-electron chi connectivity index (χ1n) is 4.89. The van der Waals surface area contributed by atoms with Crippen molar-refractivity contribution in [3.8, 4) is 0 Å². The number of carboxylic acids is 1. The Labute approximate surface area is 104 Å². The summed E-state index contributed by atoms with van der Waals surface area (Å²) in [5.41, 5.74) is 0.278. The molecule has 0 atom stereocenters. The normalized spacial score (nSPS) is 10.2. The number of carboxylic acid groups (broad SMARTS) is 1. The van der Waals surface area contributed by atoms with Crippen molar-refractivity contribution in [3.63, 3.8) is 0 Å². The van der Waals surface area contributed by atoms with Crippen molar-refractivity contribution in [1.29, 1.82) is 0 Å². The Bertz CT molecular complexity index is 397. The number of anilines is 1. The highest BCUT2D eigenvalue weighted by atomic mass is 35.5. The maximum atomic E-state index is 10.8. The van der Waals surface area contributed by atoms with E-state index in [2.05, 4.69) is 17.2 Å². The molecule has 2 N–H and O–H groups in total. The topological polar surface area (TPSA) is 62.2 Å². The molecule has 1 aromatic rings. The van der Waals surface area contributed by atoms with Crippen molar-refractivity contribution in [2.45, 2.75) is 19.8 Å². The quantitative estimate of drug-likeness (QED) is 0.632. The fourth-order valence-electron chi connectivity index (χ4n) is 1.17. The fraction of sp³-hybridized carbons (Fsp3) is 0.400. The summed E-state index contributed by atoms with van der Waals surface area (Å²) in [5, 5.41) is 12.1. The van der Waals surface area contributed by atoms with Gasteiger partial charge in [-0.15, -0.1) is 0 Å². The number of rotatable bonds is 5. The molecule has 0 bridgehead atoms. The van der Waals surface area contributed by atoms with Gasteiger partial charge in [-0.25, -0.2) is 9.78 Å². The molecule has 0 radical (unpaired) electrons. The van der Waals surface area contributed by atoms with E-state index in [0.717, 1.165) is 19.4 Å². The summed E-state index contributed by atoms with van der Waals surface area (Å²) in [5.74, 6) is -1.19. The van der Waals surface area contributed by atoms with Gasteiger partial charge >= 0.3 is 5.97 Å². The van der Waals surface area contributed by atoms with Gasteiger partial charge in [0.25, 0.3) is 0 Å². The van der Waals surface area contributed by atoms with Crippen LogP contribution in [-0.2, 0) is 0 Å². The third kappa shape index (κ3) is 3.25. The smallest absolute Gasteiger partial charge is 0.356 e. The summed E-state index contributed by atoms with van der Waals surface area (Å²) in [6.45, 7) is 2.78. The summed E-state index contributed by atoms with van der Waals surface area (Å²) in [6.07, 6.45) is 2.01. The molecule has 0 saturated heterocycles. The van der Waals surface area contributed by atoms with Crippen molar-refractivity contribution in [2.24, 2.45) is 0 Å². The second kappa shape index (κ2) is 5.92. The lowest BCUT2D eigenvalue weighted by atomic mass is 10.3. The second-order valence-corrected chi connectivity index (χ2v) is 4.01. The van der Waals surface area contributed by atoms with Crippen LogP contribution in [0.4, 0.5) is 5.69 Å². The molecule has 0 fully saturated rings. The Morgan fingerprint density at radius 1 is 1.56 bits per heavy atom. The molecule has 0 aliphatic heterocycles.